The van der Waals surface area contributed by atoms with Crippen LogP contribution in [0.1, 0.15) is 64.7 Å². The summed E-state index contributed by atoms with van der Waals surface area (Å²) in [6.45, 7) is 2.04. The molecular weight excluding hydrogens is 371 g/mol. The number of carbonyl (C=O) groups excluding carboxylic acids is 1. The summed E-state index contributed by atoms with van der Waals surface area (Å²) in [5.74, 6) is 3.52. The number of halogens is 1. The number of hydrogen-bond donors (Lipinski definition) is 1. The van der Waals surface area contributed by atoms with Gasteiger partial charge in [-0.25, -0.2) is 9.07 Å². The third-order valence-electron chi connectivity index (χ3n) is 9.45. The van der Waals surface area contributed by atoms with Crippen LogP contribution in [-0.2, 0) is 11.3 Å². The molecule has 1 aromatic rings. The maximum absolute atomic E-state index is 13.3. The van der Waals surface area contributed by atoms with Gasteiger partial charge in [-0.3, -0.25) is 4.79 Å². The van der Waals surface area contributed by atoms with Crippen LogP contribution in [0.15, 0.2) is 6.33 Å². The Hall–Kier alpha value is -1.37. The smallest absolute Gasteiger partial charge is 0.158 e. The third kappa shape index (κ3) is 3.15. The molecule has 7 heteroatoms. The minimum Gasteiger partial charge on any atom is -0.387 e. The molecule has 0 radical (unpaired) electrons. The van der Waals surface area contributed by atoms with Gasteiger partial charge in [0.2, 0.25) is 0 Å². The summed E-state index contributed by atoms with van der Waals surface area (Å²) in [6, 6.07) is 0. The lowest BCUT2D eigenvalue weighted by Gasteiger charge is -2.56. The molecule has 6 nitrogen and oxygen atoms in total. The van der Waals surface area contributed by atoms with Crippen molar-refractivity contribution in [1.29, 1.82) is 0 Å². The highest BCUT2D eigenvalue weighted by molar-refractivity contribution is 5.82. The Morgan fingerprint density at radius 2 is 1.97 bits per heavy atom. The number of carbonyl (C=O) groups is 1. The van der Waals surface area contributed by atoms with Crippen LogP contribution in [0.2, 0.25) is 0 Å². The highest BCUT2D eigenvalue weighted by Crippen LogP contribution is 2.64. The maximum atomic E-state index is 13.3. The van der Waals surface area contributed by atoms with Crippen molar-refractivity contribution in [2.45, 2.75) is 76.9 Å². The Morgan fingerprint density at radius 3 is 2.72 bits per heavy atom. The minimum atomic E-state index is -1.07. The Kier molecular flexibility index (Phi) is 4.80. The lowest BCUT2D eigenvalue weighted by atomic mass is 9.49. The number of aliphatic hydroxyl groups is 1. The Labute approximate surface area is 171 Å². The predicted molar refractivity (Wildman–Crippen MR) is 104 cm³/mol. The van der Waals surface area contributed by atoms with Crippen LogP contribution in [-0.4, -0.2) is 43.4 Å². The van der Waals surface area contributed by atoms with Crippen LogP contribution < -0.4 is 0 Å². The molecule has 0 amide bonds. The van der Waals surface area contributed by atoms with E-state index in [-0.39, 0.29) is 23.7 Å². The van der Waals surface area contributed by atoms with Gasteiger partial charge in [-0.1, -0.05) is 6.92 Å². The Morgan fingerprint density at radius 1 is 1.14 bits per heavy atom. The van der Waals surface area contributed by atoms with Crippen molar-refractivity contribution in [3.8, 4) is 0 Å². The lowest BCUT2D eigenvalue weighted by Crippen LogP contribution is -2.52. The number of alkyl halides is 1. The summed E-state index contributed by atoms with van der Waals surface area (Å²) in [5.41, 5.74) is -0.980. The topological polar surface area (TPSA) is 80.9 Å². The molecule has 0 aliphatic heterocycles. The molecule has 5 rings (SSSR count). The van der Waals surface area contributed by atoms with Gasteiger partial charge in [-0.05, 0) is 103 Å². The van der Waals surface area contributed by atoms with E-state index >= 15 is 0 Å². The molecule has 1 N–H and O–H groups in total. The number of aromatic nitrogens is 4. The largest absolute Gasteiger partial charge is 0.387 e. The summed E-state index contributed by atoms with van der Waals surface area (Å²) in [4.78, 5) is 13.1. The van der Waals surface area contributed by atoms with Crippen molar-refractivity contribution in [2.24, 2.45) is 40.9 Å². The van der Waals surface area contributed by atoms with E-state index in [1.807, 2.05) is 0 Å². The average molecular weight is 405 g/mol. The second kappa shape index (κ2) is 7.10. The summed E-state index contributed by atoms with van der Waals surface area (Å²) in [7, 11) is 0. The van der Waals surface area contributed by atoms with Crippen molar-refractivity contribution in [2.75, 3.05) is 6.67 Å². The van der Waals surface area contributed by atoms with Crippen molar-refractivity contribution < 1.29 is 14.3 Å². The van der Waals surface area contributed by atoms with Crippen molar-refractivity contribution in [3.05, 3.63) is 6.33 Å². The quantitative estimate of drug-likeness (QED) is 0.833. The van der Waals surface area contributed by atoms with Gasteiger partial charge in [0.25, 0.3) is 0 Å². The van der Waals surface area contributed by atoms with Crippen LogP contribution in [0.25, 0.3) is 0 Å². The van der Waals surface area contributed by atoms with E-state index in [4.69, 9.17) is 0 Å². The molecule has 4 aliphatic carbocycles. The fourth-order valence-electron chi connectivity index (χ4n) is 8.14. The minimum absolute atomic E-state index is 0.0907. The fourth-order valence-corrected chi connectivity index (χ4v) is 8.14. The SMILES string of the molecule is C[C@]12CC[C@H]3[C@@H](CC[C@H]4C[C@@](O)(CF)CC[C@@H]43)[C@@H]1CC[C@@H]2C(=O)Cn1cnnn1. The van der Waals surface area contributed by atoms with E-state index in [9.17, 15) is 14.3 Å². The van der Waals surface area contributed by atoms with Crippen LogP contribution in [0.4, 0.5) is 4.39 Å². The fraction of sp³-hybridized carbons (Fsp3) is 0.909. The number of rotatable bonds is 4. The molecule has 1 aromatic heterocycles. The third-order valence-corrected chi connectivity index (χ3v) is 9.45. The zero-order valence-corrected chi connectivity index (χ0v) is 17.3. The number of tetrazole rings is 1. The molecule has 29 heavy (non-hydrogen) atoms. The monoisotopic (exact) mass is 404 g/mol. The summed E-state index contributed by atoms with van der Waals surface area (Å²) < 4.78 is 14.9. The van der Waals surface area contributed by atoms with E-state index < -0.39 is 12.3 Å². The van der Waals surface area contributed by atoms with Crippen LogP contribution in [0, 0.1) is 40.9 Å². The molecule has 0 saturated heterocycles. The van der Waals surface area contributed by atoms with Crippen molar-refractivity contribution in [1.82, 2.24) is 20.2 Å². The van der Waals surface area contributed by atoms with E-state index in [2.05, 4.69) is 22.4 Å². The van der Waals surface area contributed by atoms with Gasteiger partial charge in [0.15, 0.2) is 5.78 Å². The van der Waals surface area contributed by atoms with Gasteiger partial charge in [0.05, 0.1) is 5.60 Å². The molecule has 4 saturated carbocycles. The highest BCUT2D eigenvalue weighted by Gasteiger charge is 2.59. The zero-order chi connectivity index (χ0) is 20.2. The number of nitrogens with zero attached hydrogens (tertiary/aromatic N) is 4. The molecule has 0 spiro atoms. The molecule has 0 unspecified atom stereocenters. The molecular formula is C22H33FN4O2. The number of fused-ring (bicyclic) bond motifs is 5. The van der Waals surface area contributed by atoms with Gasteiger partial charge in [-0.2, -0.15) is 0 Å². The standard InChI is InChI=1S/C22H33FN4O2/c1-21-8-6-16-15-7-9-22(29,12-23)10-14(15)2-3-17(16)18(21)4-5-19(21)20(28)11-27-13-24-25-26-27/h13-19,29H,2-12H2,1H3/t14-,15-,16+,17+,18-,19+,21-,22+/m0/s1. The first kappa shape index (κ1) is 19.6. The number of ketones is 1. The second-order valence-corrected chi connectivity index (χ2v) is 10.7. The van der Waals surface area contributed by atoms with Gasteiger partial charge in [0, 0.05) is 5.92 Å². The summed E-state index contributed by atoms with van der Waals surface area (Å²) in [6.07, 6.45) is 10.5. The first-order valence-electron chi connectivity index (χ1n) is 11.5. The van der Waals surface area contributed by atoms with E-state index in [1.54, 1.807) is 4.68 Å². The number of Topliss-reactive ketones (excluding diaryl/α,β-unsaturated/α-hetero) is 1. The molecule has 4 fully saturated rings. The van der Waals surface area contributed by atoms with Gasteiger partial charge in [0.1, 0.15) is 19.5 Å². The maximum Gasteiger partial charge on any atom is 0.158 e. The summed E-state index contributed by atoms with van der Waals surface area (Å²) in [5, 5.41) is 21.6. The zero-order valence-electron chi connectivity index (χ0n) is 17.3. The molecule has 8 atom stereocenters. The van der Waals surface area contributed by atoms with Gasteiger partial charge in [-0.15, -0.1) is 5.10 Å². The molecule has 0 aromatic carbocycles. The second-order valence-electron chi connectivity index (χ2n) is 10.7. The van der Waals surface area contributed by atoms with Crippen LogP contribution in [0.5, 0.6) is 0 Å². The molecule has 1 heterocycles. The van der Waals surface area contributed by atoms with E-state index in [1.165, 1.54) is 19.2 Å². The van der Waals surface area contributed by atoms with Crippen LogP contribution in [0.3, 0.4) is 0 Å². The normalized spacial score (nSPS) is 46.6. The van der Waals surface area contributed by atoms with Gasteiger partial charge < -0.3 is 5.11 Å². The highest BCUT2D eigenvalue weighted by atomic mass is 19.1. The Balaban J connectivity index is 1.31. The van der Waals surface area contributed by atoms with Crippen LogP contribution >= 0.6 is 0 Å². The first-order valence-corrected chi connectivity index (χ1v) is 11.5. The average Bonchev–Trinajstić information content (AvgIpc) is 3.34. The van der Waals surface area contributed by atoms with Crippen molar-refractivity contribution >= 4 is 5.78 Å². The molecule has 4 aliphatic rings. The first-order chi connectivity index (χ1) is 13.9. The summed E-state index contributed by atoms with van der Waals surface area (Å²) >= 11 is 0. The molecule has 0 bridgehead atoms. The van der Waals surface area contributed by atoms with E-state index in [0.717, 1.165) is 32.1 Å². The lowest BCUT2D eigenvalue weighted by molar-refractivity contribution is -0.134. The predicted octanol–water partition coefficient (Wildman–Crippen LogP) is 3.21. The molecule has 160 valence electrons. The van der Waals surface area contributed by atoms with Gasteiger partial charge >= 0.3 is 0 Å². The number of hydrogen-bond acceptors (Lipinski definition) is 5. The van der Waals surface area contributed by atoms with Crippen molar-refractivity contribution in [3.63, 3.8) is 0 Å². The van der Waals surface area contributed by atoms with E-state index in [0.29, 0.717) is 42.4 Å². The Bertz CT molecular complexity index is 758.